The Balaban J connectivity index is 2.62. The van der Waals surface area contributed by atoms with Crippen molar-refractivity contribution in [2.24, 2.45) is 10.7 Å². The van der Waals surface area contributed by atoms with Crippen molar-refractivity contribution in [2.75, 3.05) is 5.32 Å². The van der Waals surface area contributed by atoms with E-state index in [0.717, 1.165) is 5.69 Å². The molecular weight excluding hydrogens is 244 g/mol. The predicted octanol–water partition coefficient (Wildman–Crippen LogP) is 3.14. The topological polar surface area (TPSA) is 50.4 Å². The van der Waals surface area contributed by atoms with E-state index in [4.69, 9.17) is 5.73 Å². The minimum absolute atomic E-state index is 0.108. The minimum atomic E-state index is -2.40. The molecule has 94 valence electrons. The smallest absolute Gasteiger partial charge is 0.288 e. The second kappa shape index (κ2) is 6.44. The molecule has 0 spiro atoms. The number of hydrogen-bond acceptors (Lipinski definition) is 2. The van der Waals surface area contributed by atoms with E-state index in [9.17, 15) is 8.78 Å². The molecule has 0 aliphatic heterocycles. The highest BCUT2D eigenvalue weighted by Crippen LogP contribution is 2.25. The van der Waals surface area contributed by atoms with Crippen molar-refractivity contribution < 1.29 is 8.78 Å². The van der Waals surface area contributed by atoms with Crippen molar-refractivity contribution in [3.05, 3.63) is 24.3 Å². The molecule has 1 rings (SSSR count). The van der Waals surface area contributed by atoms with Gasteiger partial charge in [-0.1, -0.05) is 11.8 Å². The number of anilines is 1. The highest BCUT2D eigenvalue weighted by molar-refractivity contribution is 7.99. The minimum Gasteiger partial charge on any atom is -0.370 e. The van der Waals surface area contributed by atoms with Crippen molar-refractivity contribution in [2.45, 2.75) is 30.5 Å². The van der Waals surface area contributed by atoms with Gasteiger partial charge in [0.15, 0.2) is 5.96 Å². The third-order valence-electron chi connectivity index (χ3n) is 1.75. The summed E-state index contributed by atoms with van der Waals surface area (Å²) in [6.07, 6.45) is 0. The van der Waals surface area contributed by atoms with Crippen LogP contribution in [0.5, 0.6) is 0 Å². The molecule has 3 nitrogen and oxygen atoms in total. The normalized spacial score (nSPS) is 12.2. The maximum Gasteiger partial charge on any atom is 0.288 e. The zero-order chi connectivity index (χ0) is 12.8. The van der Waals surface area contributed by atoms with Gasteiger partial charge in [0.1, 0.15) is 0 Å². The first-order valence-corrected chi connectivity index (χ1v) is 6.00. The fourth-order valence-corrected chi connectivity index (χ4v) is 1.68. The molecule has 0 fully saturated rings. The zero-order valence-corrected chi connectivity index (χ0v) is 10.5. The summed E-state index contributed by atoms with van der Waals surface area (Å²) in [6, 6.07) is 6.71. The van der Waals surface area contributed by atoms with Crippen LogP contribution in [0.15, 0.2) is 34.2 Å². The molecule has 0 bridgehead atoms. The molecule has 0 aliphatic rings. The lowest BCUT2D eigenvalue weighted by atomic mass is 10.3. The van der Waals surface area contributed by atoms with E-state index in [1.54, 1.807) is 24.3 Å². The summed E-state index contributed by atoms with van der Waals surface area (Å²) in [6.45, 7) is 3.83. The summed E-state index contributed by atoms with van der Waals surface area (Å²) in [4.78, 5) is 4.62. The number of hydrogen-bond donors (Lipinski definition) is 2. The molecule has 0 radical (unpaired) electrons. The number of nitrogens with one attached hydrogen (secondary N) is 1. The number of halogens is 2. The standard InChI is InChI=1S/C11H15F2N3S/c1-7(2)15-11(14)16-8-3-5-9(6-4-8)17-10(12)13/h3-7,10H,1-2H3,(H3,14,15,16). The molecule has 0 atom stereocenters. The summed E-state index contributed by atoms with van der Waals surface area (Å²) in [5.41, 5.74) is 6.37. The number of rotatable bonds is 4. The van der Waals surface area contributed by atoms with Crippen molar-refractivity contribution in [1.29, 1.82) is 0 Å². The Kier molecular flexibility index (Phi) is 5.21. The van der Waals surface area contributed by atoms with Crippen LogP contribution in [0.1, 0.15) is 13.8 Å². The van der Waals surface area contributed by atoms with Crippen LogP contribution in [0.2, 0.25) is 0 Å². The number of aliphatic imine (C=N–C) groups is 1. The molecule has 0 amide bonds. The highest BCUT2D eigenvalue weighted by atomic mass is 32.2. The third-order valence-corrected chi connectivity index (χ3v) is 2.47. The van der Waals surface area contributed by atoms with E-state index in [2.05, 4.69) is 10.3 Å². The Bertz CT molecular complexity index is 377. The van der Waals surface area contributed by atoms with Gasteiger partial charge >= 0.3 is 0 Å². The number of benzene rings is 1. The van der Waals surface area contributed by atoms with E-state index in [-0.39, 0.29) is 6.04 Å². The first-order chi connectivity index (χ1) is 7.97. The maximum atomic E-state index is 12.1. The Morgan fingerprint density at radius 3 is 2.35 bits per heavy atom. The number of alkyl halides is 2. The third kappa shape index (κ3) is 5.53. The summed E-state index contributed by atoms with van der Waals surface area (Å²) >= 11 is 0.514. The second-order valence-corrected chi connectivity index (χ2v) is 4.70. The summed E-state index contributed by atoms with van der Waals surface area (Å²) in [7, 11) is 0. The van der Waals surface area contributed by atoms with Crippen molar-refractivity contribution in [3.63, 3.8) is 0 Å². The maximum absolute atomic E-state index is 12.1. The van der Waals surface area contributed by atoms with Gasteiger partial charge in [-0.05, 0) is 38.1 Å². The monoisotopic (exact) mass is 259 g/mol. The largest absolute Gasteiger partial charge is 0.370 e. The molecule has 0 saturated carbocycles. The predicted molar refractivity (Wildman–Crippen MR) is 68.7 cm³/mol. The molecule has 0 saturated heterocycles. The molecule has 0 aliphatic carbocycles. The number of guanidine groups is 1. The Labute approximate surface area is 103 Å². The number of nitrogens with two attached hydrogens (primary N) is 1. The van der Waals surface area contributed by atoms with Crippen molar-refractivity contribution in [1.82, 2.24) is 0 Å². The van der Waals surface area contributed by atoms with Crippen molar-refractivity contribution >= 4 is 23.4 Å². The SMILES string of the molecule is CC(C)N=C(N)Nc1ccc(SC(F)F)cc1. The van der Waals surface area contributed by atoms with Gasteiger partial charge in [0.05, 0.1) is 0 Å². The Hall–Kier alpha value is -1.30. The van der Waals surface area contributed by atoms with Gasteiger partial charge < -0.3 is 11.1 Å². The van der Waals surface area contributed by atoms with E-state index in [0.29, 0.717) is 22.6 Å². The lowest BCUT2D eigenvalue weighted by Crippen LogP contribution is -2.23. The summed E-state index contributed by atoms with van der Waals surface area (Å²) in [5, 5.41) is 2.88. The Morgan fingerprint density at radius 1 is 1.29 bits per heavy atom. The van der Waals surface area contributed by atoms with Gasteiger partial charge in [0, 0.05) is 16.6 Å². The van der Waals surface area contributed by atoms with Crippen molar-refractivity contribution in [3.8, 4) is 0 Å². The first-order valence-electron chi connectivity index (χ1n) is 5.12. The van der Waals surface area contributed by atoms with Gasteiger partial charge in [0.25, 0.3) is 5.76 Å². The molecule has 3 N–H and O–H groups in total. The van der Waals surface area contributed by atoms with Crippen LogP contribution in [0.3, 0.4) is 0 Å². The first kappa shape index (κ1) is 13.8. The van der Waals surface area contributed by atoms with Gasteiger partial charge in [-0.25, -0.2) is 0 Å². The van der Waals surface area contributed by atoms with E-state index < -0.39 is 5.76 Å². The van der Waals surface area contributed by atoms with Crippen LogP contribution in [-0.2, 0) is 0 Å². The van der Waals surface area contributed by atoms with Gasteiger partial charge in [-0.3, -0.25) is 4.99 Å². The molecule has 17 heavy (non-hydrogen) atoms. The quantitative estimate of drug-likeness (QED) is 0.496. The van der Waals surface area contributed by atoms with Gasteiger partial charge in [-0.2, -0.15) is 8.78 Å². The Morgan fingerprint density at radius 2 is 1.88 bits per heavy atom. The van der Waals surface area contributed by atoms with Gasteiger partial charge in [-0.15, -0.1) is 0 Å². The molecule has 0 heterocycles. The molecule has 6 heteroatoms. The van der Waals surface area contributed by atoms with Crippen LogP contribution in [-0.4, -0.2) is 17.8 Å². The van der Waals surface area contributed by atoms with Crippen LogP contribution in [0.25, 0.3) is 0 Å². The van der Waals surface area contributed by atoms with Crippen LogP contribution in [0, 0.1) is 0 Å². The summed E-state index contributed by atoms with van der Waals surface area (Å²) in [5.74, 6) is -2.09. The molecule has 0 aromatic heterocycles. The zero-order valence-electron chi connectivity index (χ0n) is 9.65. The van der Waals surface area contributed by atoms with E-state index in [1.807, 2.05) is 13.8 Å². The summed E-state index contributed by atoms with van der Waals surface area (Å²) < 4.78 is 24.2. The van der Waals surface area contributed by atoms with Crippen LogP contribution >= 0.6 is 11.8 Å². The molecule has 1 aromatic carbocycles. The average molecular weight is 259 g/mol. The van der Waals surface area contributed by atoms with E-state index >= 15 is 0 Å². The highest BCUT2D eigenvalue weighted by Gasteiger charge is 2.04. The lowest BCUT2D eigenvalue weighted by molar-refractivity contribution is 0.252. The second-order valence-electron chi connectivity index (χ2n) is 3.64. The molecule has 1 aromatic rings. The fraction of sp³-hybridized carbons (Fsp3) is 0.364. The van der Waals surface area contributed by atoms with Crippen LogP contribution in [0.4, 0.5) is 14.5 Å². The fourth-order valence-electron chi connectivity index (χ4n) is 1.18. The van der Waals surface area contributed by atoms with Gasteiger partial charge in [0.2, 0.25) is 0 Å². The molecule has 0 unspecified atom stereocenters. The van der Waals surface area contributed by atoms with E-state index in [1.165, 1.54) is 0 Å². The van der Waals surface area contributed by atoms with Crippen LogP contribution < -0.4 is 11.1 Å². The molecular formula is C11H15F2N3S. The number of thioether (sulfide) groups is 1. The number of nitrogens with zero attached hydrogens (tertiary/aromatic N) is 1. The average Bonchev–Trinajstić information content (AvgIpc) is 2.18. The lowest BCUT2D eigenvalue weighted by Gasteiger charge is -2.07.